The molecule has 0 bridgehead atoms. The van der Waals surface area contributed by atoms with Crippen LogP contribution in [-0.4, -0.2) is 16.8 Å². The van der Waals surface area contributed by atoms with Gasteiger partial charge in [0.2, 0.25) is 0 Å². The molecular formula is C15H13ClN2O. The van der Waals surface area contributed by atoms with Crippen LogP contribution in [0.25, 0.3) is 0 Å². The molecule has 0 N–H and O–H groups in total. The zero-order valence-corrected chi connectivity index (χ0v) is 11.1. The summed E-state index contributed by atoms with van der Waals surface area (Å²) in [7, 11) is 0. The average Bonchev–Trinajstić information content (AvgIpc) is 2.46. The van der Waals surface area contributed by atoms with Gasteiger partial charge in [0.05, 0.1) is 5.56 Å². The first-order chi connectivity index (χ1) is 9.27. The number of aromatic nitrogens is 1. The van der Waals surface area contributed by atoms with Crippen molar-refractivity contribution in [3.63, 3.8) is 0 Å². The molecule has 0 fully saturated rings. The Hall–Kier alpha value is -1.87. The van der Waals surface area contributed by atoms with Gasteiger partial charge in [-0.2, -0.15) is 0 Å². The third-order valence-corrected chi connectivity index (χ3v) is 3.57. The molecule has 0 saturated heterocycles. The molecule has 0 aliphatic carbocycles. The maximum atomic E-state index is 11.5. The van der Waals surface area contributed by atoms with Gasteiger partial charge >= 0.3 is 0 Å². The van der Waals surface area contributed by atoms with Crippen molar-refractivity contribution in [2.75, 3.05) is 11.4 Å². The third-order valence-electron chi connectivity index (χ3n) is 3.36. The summed E-state index contributed by atoms with van der Waals surface area (Å²) in [6.07, 6.45) is 3.79. The molecule has 1 aromatic carbocycles. The van der Waals surface area contributed by atoms with Gasteiger partial charge in [-0.05, 0) is 48.2 Å². The minimum atomic E-state index is -0.467. The topological polar surface area (TPSA) is 33.2 Å². The van der Waals surface area contributed by atoms with Crippen LogP contribution in [0.3, 0.4) is 0 Å². The van der Waals surface area contributed by atoms with Crippen LogP contribution in [0.5, 0.6) is 0 Å². The quantitative estimate of drug-likeness (QED) is 0.784. The third kappa shape index (κ3) is 2.22. The summed E-state index contributed by atoms with van der Waals surface area (Å²) < 4.78 is 0. The average molecular weight is 273 g/mol. The lowest BCUT2D eigenvalue weighted by Gasteiger charge is -2.31. The van der Waals surface area contributed by atoms with E-state index in [1.54, 1.807) is 18.3 Å². The van der Waals surface area contributed by atoms with E-state index in [2.05, 4.69) is 22.0 Å². The van der Waals surface area contributed by atoms with E-state index in [1.807, 2.05) is 12.1 Å². The summed E-state index contributed by atoms with van der Waals surface area (Å²) in [4.78, 5) is 17.9. The van der Waals surface area contributed by atoms with Gasteiger partial charge in [-0.25, -0.2) is 4.98 Å². The number of halogens is 1. The molecule has 19 heavy (non-hydrogen) atoms. The fourth-order valence-corrected chi connectivity index (χ4v) is 2.67. The van der Waals surface area contributed by atoms with E-state index in [0.717, 1.165) is 25.1 Å². The summed E-state index contributed by atoms with van der Waals surface area (Å²) in [5.74, 6) is 0.648. The smallest absolute Gasteiger partial charge is 0.256 e. The molecule has 0 unspecified atom stereocenters. The standard InChI is InChI=1S/C15H13ClN2O/c16-14(19)12-7-3-9-17-15(12)18-10-4-6-11-5-1-2-8-13(11)18/h1-3,5,7-9H,4,6,10H2. The molecular weight excluding hydrogens is 260 g/mol. The monoisotopic (exact) mass is 272 g/mol. The van der Waals surface area contributed by atoms with Gasteiger partial charge in [0.25, 0.3) is 5.24 Å². The summed E-state index contributed by atoms with van der Waals surface area (Å²) in [6.45, 7) is 0.852. The molecule has 0 saturated carbocycles. The van der Waals surface area contributed by atoms with E-state index >= 15 is 0 Å². The molecule has 3 rings (SSSR count). The maximum absolute atomic E-state index is 11.5. The maximum Gasteiger partial charge on any atom is 0.256 e. The molecule has 1 aromatic heterocycles. The lowest BCUT2D eigenvalue weighted by Crippen LogP contribution is -2.26. The Balaban J connectivity index is 2.12. The molecule has 96 valence electrons. The van der Waals surface area contributed by atoms with Gasteiger partial charge in [0, 0.05) is 18.4 Å². The van der Waals surface area contributed by atoms with Crippen molar-refractivity contribution in [3.8, 4) is 0 Å². The van der Waals surface area contributed by atoms with Crippen molar-refractivity contribution in [2.24, 2.45) is 0 Å². The van der Waals surface area contributed by atoms with Crippen LogP contribution in [0.4, 0.5) is 11.5 Å². The Morgan fingerprint density at radius 3 is 2.89 bits per heavy atom. The van der Waals surface area contributed by atoms with E-state index in [1.165, 1.54) is 5.56 Å². The first-order valence-electron chi connectivity index (χ1n) is 6.27. The lowest BCUT2D eigenvalue weighted by molar-refractivity contribution is 0.108. The molecule has 2 aromatic rings. The number of rotatable bonds is 2. The Kier molecular flexibility index (Phi) is 3.22. The van der Waals surface area contributed by atoms with E-state index in [4.69, 9.17) is 11.6 Å². The largest absolute Gasteiger partial charge is 0.325 e. The molecule has 0 radical (unpaired) electrons. The number of carbonyl (C=O) groups excluding carboxylic acids is 1. The summed E-state index contributed by atoms with van der Waals surface area (Å²) >= 11 is 5.65. The van der Waals surface area contributed by atoms with Gasteiger partial charge in [0.1, 0.15) is 5.82 Å². The number of aryl methyl sites for hydroxylation is 1. The van der Waals surface area contributed by atoms with E-state index in [-0.39, 0.29) is 0 Å². The Morgan fingerprint density at radius 1 is 1.21 bits per heavy atom. The van der Waals surface area contributed by atoms with E-state index in [9.17, 15) is 4.79 Å². The molecule has 2 heterocycles. The van der Waals surface area contributed by atoms with Crippen molar-refractivity contribution < 1.29 is 4.79 Å². The summed E-state index contributed by atoms with van der Waals surface area (Å²) in [5.41, 5.74) is 2.86. The van der Waals surface area contributed by atoms with Crippen LogP contribution in [0.2, 0.25) is 0 Å². The van der Waals surface area contributed by atoms with Crippen molar-refractivity contribution >= 4 is 28.3 Å². The van der Waals surface area contributed by atoms with Crippen LogP contribution >= 0.6 is 11.6 Å². The summed E-state index contributed by atoms with van der Waals surface area (Å²) in [6, 6.07) is 11.7. The van der Waals surface area contributed by atoms with Crippen molar-refractivity contribution in [3.05, 3.63) is 53.7 Å². The molecule has 0 amide bonds. The van der Waals surface area contributed by atoms with Gasteiger partial charge < -0.3 is 4.90 Å². The Labute approximate surface area is 116 Å². The number of para-hydroxylation sites is 1. The van der Waals surface area contributed by atoms with Gasteiger partial charge in [-0.15, -0.1) is 0 Å². The number of carbonyl (C=O) groups is 1. The normalized spacial score (nSPS) is 14.1. The van der Waals surface area contributed by atoms with E-state index in [0.29, 0.717) is 11.4 Å². The summed E-state index contributed by atoms with van der Waals surface area (Å²) in [5, 5.41) is -0.467. The van der Waals surface area contributed by atoms with Crippen molar-refractivity contribution in [2.45, 2.75) is 12.8 Å². The van der Waals surface area contributed by atoms with Crippen LogP contribution in [0.15, 0.2) is 42.6 Å². The fourth-order valence-electron chi connectivity index (χ4n) is 2.52. The highest BCUT2D eigenvalue weighted by atomic mass is 35.5. The highest BCUT2D eigenvalue weighted by Crippen LogP contribution is 2.34. The minimum Gasteiger partial charge on any atom is -0.325 e. The van der Waals surface area contributed by atoms with Gasteiger partial charge in [-0.1, -0.05) is 18.2 Å². The fraction of sp³-hybridized carbons (Fsp3) is 0.200. The van der Waals surface area contributed by atoms with Crippen LogP contribution < -0.4 is 4.90 Å². The highest BCUT2D eigenvalue weighted by Gasteiger charge is 2.22. The molecule has 0 spiro atoms. The SMILES string of the molecule is O=C(Cl)c1cccnc1N1CCCc2ccccc21. The first-order valence-corrected chi connectivity index (χ1v) is 6.65. The number of fused-ring (bicyclic) bond motifs is 1. The number of anilines is 2. The van der Waals surface area contributed by atoms with Crippen LogP contribution in [0, 0.1) is 0 Å². The zero-order valence-electron chi connectivity index (χ0n) is 10.3. The second-order valence-electron chi connectivity index (χ2n) is 4.53. The lowest BCUT2D eigenvalue weighted by atomic mass is 10.0. The second kappa shape index (κ2) is 5.02. The molecule has 0 atom stereocenters. The van der Waals surface area contributed by atoms with E-state index < -0.39 is 5.24 Å². The van der Waals surface area contributed by atoms with Gasteiger partial charge in [-0.3, -0.25) is 4.79 Å². The molecule has 1 aliphatic rings. The minimum absolute atomic E-state index is 0.459. The number of benzene rings is 1. The number of hydrogen-bond acceptors (Lipinski definition) is 3. The Bertz CT molecular complexity index is 627. The first kappa shape index (κ1) is 12.2. The predicted octanol–water partition coefficient (Wildman–Crippen LogP) is 3.54. The number of nitrogens with zero attached hydrogens (tertiary/aromatic N) is 2. The number of hydrogen-bond donors (Lipinski definition) is 0. The van der Waals surface area contributed by atoms with Crippen molar-refractivity contribution in [1.29, 1.82) is 0 Å². The molecule has 1 aliphatic heterocycles. The molecule has 3 nitrogen and oxygen atoms in total. The van der Waals surface area contributed by atoms with Crippen LogP contribution in [0.1, 0.15) is 22.3 Å². The zero-order chi connectivity index (χ0) is 13.2. The molecule has 4 heteroatoms. The van der Waals surface area contributed by atoms with Crippen molar-refractivity contribution in [1.82, 2.24) is 4.98 Å². The second-order valence-corrected chi connectivity index (χ2v) is 4.88. The number of pyridine rings is 1. The highest BCUT2D eigenvalue weighted by molar-refractivity contribution is 6.68. The van der Waals surface area contributed by atoms with Crippen LogP contribution in [-0.2, 0) is 6.42 Å². The predicted molar refractivity (Wildman–Crippen MR) is 76.2 cm³/mol. The Morgan fingerprint density at radius 2 is 2.05 bits per heavy atom. The van der Waals surface area contributed by atoms with Gasteiger partial charge in [0.15, 0.2) is 0 Å².